The number of pyridine rings is 1. The molecule has 0 aliphatic carbocycles. The first-order chi connectivity index (χ1) is 13.7. The van der Waals surface area contributed by atoms with Crippen molar-refractivity contribution in [3.63, 3.8) is 0 Å². The van der Waals surface area contributed by atoms with Crippen LogP contribution in [0.2, 0.25) is 0 Å². The van der Waals surface area contributed by atoms with E-state index in [0.29, 0.717) is 22.7 Å². The lowest BCUT2D eigenvalue weighted by Crippen LogP contribution is -2.23. The topological polar surface area (TPSA) is 65.5 Å². The summed E-state index contributed by atoms with van der Waals surface area (Å²) in [5, 5.41) is 14.2. The molecule has 150 valence electrons. The third-order valence-corrected chi connectivity index (χ3v) is 4.95. The lowest BCUT2D eigenvalue weighted by Gasteiger charge is -2.17. The summed E-state index contributed by atoms with van der Waals surface area (Å²) in [5.74, 6) is -2.17. The fraction of sp³-hybridized carbons (Fsp3) is 0.200. The van der Waals surface area contributed by atoms with Crippen LogP contribution in [0.3, 0.4) is 0 Å². The van der Waals surface area contributed by atoms with E-state index in [9.17, 15) is 27.5 Å². The number of nitrogens with zero attached hydrogens (tertiary/aromatic N) is 2. The monoisotopic (exact) mass is 405 g/mol. The lowest BCUT2D eigenvalue weighted by molar-refractivity contribution is -0.140. The van der Waals surface area contributed by atoms with Crippen molar-refractivity contribution in [1.29, 1.82) is 0 Å². The van der Waals surface area contributed by atoms with E-state index in [1.807, 2.05) is 0 Å². The Morgan fingerprint density at radius 2 is 2.03 bits per heavy atom. The number of anilines is 1. The molecule has 0 saturated heterocycles. The Morgan fingerprint density at radius 1 is 1.28 bits per heavy atom. The molecule has 2 N–H and O–H groups in total. The quantitative estimate of drug-likeness (QED) is 0.504. The van der Waals surface area contributed by atoms with Gasteiger partial charge in [0, 0.05) is 43.0 Å². The standard InChI is InChI=1S/C20H15F4N3O2/c1-25-16-11-3-2-6-26-17(11)18(28)15-12(16)9-27(19(15)29)8-10-4-5-14(21)13(7-10)20(22,23)24/h2-7,25,28H,8-9H2,1H3. The maximum absolute atomic E-state index is 13.5. The fourth-order valence-corrected chi connectivity index (χ4v) is 3.68. The van der Waals surface area contributed by atoms with E-state index >= 15 is 0 Å². The van der Waals surface area contributed by atoms with Gasteiger partial charge in [0.2, 0.25) is 0 Å². The van der Waals surface area contributed by atoms with Crippen LogP contribution >= 0.6 is 0 Å². The number of aromatic nitrogens is 1. The SMILES string of the molecule is CNc1c2c(c(O)c3ncccc13)C(=O)N(Cc1ccc(F)c(C(F)(F)F)c1)C2. The third kappa shape index (κ3) is 3.02. The molecule has 0 radical (unpaired) electrons. The number of hydrogen-bond acceptors (Lipinski definition) is 4. The van der Waals surface area contributed by atoms with E-state index in [2.05, 4.69) is 10.3 Å². The number of fused-ring (bicyclic) bond motifs is 2. The van der Waals surface area contributed by atoms with Crippen LogP contribution in [0, 0.1) is 5.82 Å². The normalized spacial score (nSPS) is 13.8. The Labute approximate surface area is 162 Å². The van der Waals surface area contributed by atoms with Gasteiger partial charge in [0.25, 0.3) is 5.91 Å². The average Bonchev–Trinajstić information content (AvgIpc) is 2.99. The van der Waals surface area contributed by atoms with E-state index in [1.54, 1.807) is 19.2 Å². The average molecular weight is 405 g/mol. The number of amides is 1. The molecule has 0 spiro atoms. The van der Waals surface area contributed by atoms with Crippen LogP contribution in [-0.4, -0.2) is 27.9 Å². The van der Waals surface area contributed by atoms with Gasteiger partial charge in [-0.15, -0.1) is 0 Å². The highest BCUT2D eigenvalue weighted by molar-refractivity contribution is 6.11. The van der Waals surface area contributed by atoms with Crippen LogP contribution in [0.1, 0.15) is 27.0 Å². The van der Waals surface area contributed by atoms with Crippen LogP contribution in [0.15, 0.2) is 36.5 Å². The van der Waals surface area contributed by atoms with Gasteiger partial charge in [-0.3, -0.25) is 9.78 Å². The third-order valence-electron chi connectivity index (χ3n) is 4.95. The fourth-order valence-electron chi connectivity index (χ4n) is 3.68. The second kappa shape index (κ2) is 6.61. The molecule has 2 heterocycles. The minimum absolute atomic E-state index is 0.0682. The van der Waals surface area contributed by atoms with E-state index in [0.717, 1.165) is 6.07 Å². The number of halogens is 4. The number of aromatic hydroxyl groups is 1. The highest BCUT2D eigenvalue weighted by atomic mass is 19.4. The van der Waals surface area contributed by atoms with Crippen molar-refractivity contribution in [3.05, 3.63) is 64.6 Å². The maximum atomic E-state index is 13.5. The molecule has 0 unspecified atom stereocenters. The Hall–Kier alpha value is -3.36. The second-order valence-electron chi connectivity index (χ2n) is 6.70. The van der Waals surface area contributed by atoms with Gasteiger partial charge in [-0.25, -0.2) is 4.39 Å². The molecule has 0 bridgehead atoms. The predicted octanol–water partition coefficient (Wildman–Crippen LogP) is 4.30. The van der Waals surface area contributed by atoms with Crippen molar-refractivity contribution < 1.29 is 27.5 Å². The molecule has 0 fully saturated rings. The van der Waals surface area contributed by atoms with E-state index < -0.39 is 23.5 Å². The molecule has 0 atom stereocenters. The molecular weight excluding hydrogens is 390 g/mol. The molecule has 4 rings (SSSR count). The Kier molecular flexibility index (Phi) is 4.33. The summed E-state index contributed by atoms with van der Waals surface area (Å²) in [6.07, 6.45) is -3.35. The number of phenols is 1. The second-order valence-corrected chi connectivity index (χ2v) is 6.70. The Morgan fingerprint density at radius 3 is 2.72 bits per heavy atom. The van der Waals surface area contributed by atoms with Crippen molar-refractivity contribution in [1.82, 2.24) is 9.88 Å². The smallest absolute Gasteiger partial charge is 0.419 e. The minimum atomic E-state index is -4.83. The van der Waals surface area contributed by atoms with Crippen LogP contribution in [-0.2, 0) is 19.3 Å². The molecule has 0 saturated carbocycles. The molecule has 1 amide bonds. The first kappa shape index (κ1) is 19.0. The number of nitrogens with one attached hydrogen (secondary N) is 1. The lowest BCUT2D eigenvalue weighted by atomic mass is 10.0. The van der Waals surface area contributed by atoms with Crippen molar-refractivity contribution in [3.8, 4) is 5.75 Å². The zero-order valence-corrected chi connectivity index (χ0v) is 15.1. The van der Waals surface area contributed by atoms with Crippen molar-refractivity contribution in [2.45, 2.75) is 19.3 Å². The molecule has 9 heteroatoms. The summed E-state index contributed by atoms with van der Waals surface area (Å²) in [4.78, 5) is 18.3. The maximum Gasteiger partial charge on any atom is 0.419 e. The molecule has 1 aliphatic rings. The number of carbonyl (C=O) groups is 1. The molecule has 3 aromatic rings. The van der Waals surface area contributed by atoms with Gasteiger partial charge in [-0.05, 0) is 29.8 Å². The predicted molar refractivity (Wildman–Crippen MR) is 97.9 cm³/mol. The van der Waals surface area contributed by atoms with Crippen molar-refractivity contribution in [2.75, 3.05) is 12.4 Å². The van der Waals surface area contributed by atoms with Gasteiger partial charge in [0.05, 0.1) is 11.1 Å². The van der Waals surface area contributed by atoms with Crippen LogP contribution in [0.25, 0.3) is 10.9 Å². The van der Waals surface area contributed by atoms with Gasteiger partial charge < -0.3 is 15.3 Å². The Balaban J connectivity index is 1.75. The van der Waals surface area contributed by atoms with Gasteiger partial charge >= 0.3 is 6.18 Å². The molecule has 1 aliphatic heterocycles. The van der Waals surface area contributed by atoms with Crippen LogP contribution < -0.4 is 5.32 Å². The van der Waals surface area contributed by atoms with Gasteiger partial charge in [-0.1, -0.05) is 6.07 Å². The zero-order chi connectivity index (χ0) is 20.9. The summed E-state index contributed by atoms with van der Waals surface area (Å²) >= 11 is 0. The number of carbonyl (C=O) groups excluding carboxylic acids is 1. The summed E-state index contributed by atoms with van der Waals surface area (Å²) in [6, 6.07) is 6.08. The van der Waals surface area contributed by atoms with Crippen molar-refractivity contribution >= 4 is 22.5 Å². The molecular formula is C20H15F4N3O2. The number of alkyl halides is 3. The minimum Gasteiger partial charge on any atom is -0.505 e. The van der Waals surface area contributed by atoms with E-state index in [1.165, 1.54) is 17.2 Å². The highest BCUT2D eigenvalue weighted by Crippen LogP contribution is 2.42. The summed E-state index contributed by atoms with van der Waals surface area (Å²) in [7, 11) is 1.67. The largest absolute Gasteiger partial charge is 0.505 e. The van der Waals surface area contributed by atoms with Gasteiger partial charge in [0.15, 0.2) is 5.75 Å². The molecule has 2 aromatic carbocycles. The van der Waals surface area contributed by atoms with E-state index in [4.69, 9.17) is 0 Å². The molecule has 29 heavy (non-hydrogen) atoms. The van der Waals surface area contributed by atoms with Gasteiger partial charge in [-0.2, -0.15) is 13.2 Å². The Bertz CT molecular complexity index is 1140. The molecule has 5 nitrogen and oxygen atoms in total. The zero-order valence-electron chi connectivity index (χ0n) is 15.1. The first-order valence-corrected chi connectivity index (χ1v) is 8.67. The van der Waals surface area contributed by atoms with Crippen molar-refractivity contribution in [2.24, 2.45) is 0 Å². The molecule has 1 aromatic heterocycles. The highest BCUT2D eigenvalue weighted by Gasteiger charge is 2.36. The van der Waals surface area contributed by atoms with E-state index in [-0.39, 0.29) is 35.5 Å². The number of hydrogen-bond donors (Lipinski definition) is 2. The summed E-state index contributed by atoms with van der Waals surface area (Å²) in [6.45, 7) is -0.0787. The number of rotatable bonds is 3. The number of phenolic OH excluding ortho intramolecular Hbond substituents is 1. The van der Waals surface area contributed by atoms with Crippen LogP contribution in [0.5, 0.6) is 5.75 Å². The first-order valence-electron chi connectivity index (χ1n) is 8.67. The van der Waals surface area contributed by atoms with Gasteiger partial charge in [0.1, 0.15) is 11.3 Å². The number of benzene rings is 2. The summed E-state index contributed by atoms with van der Waals surface area (Å²) < 4.78 is 52.5. The van der Waals surface area contributed by atoms with Crippen LogP contribution in [0.4, 0.5) is 23.2 Å². The summed E-state index contributed by atoms with van der Waals surface area (Å²) in [5.41, 5.74) is 0.229.